The molecule has 244 valence electrons. The fourth-order valence-electron chi connectivity index (χ4n) is 8.39. The highest BCUT2D eigenvalue weighted by molar-refractivity contribution is 5.92. The number of carbonyl (C=O) groups is 6. The molecule has 0 spiro atoms. The fourth-order valence-corrected chi connectivity index (χ4v) is 8.39. The minimum atomic E-state index is -2.23. The van der Waals surface area contributed by atoms with Gasteiger partial charge in [-0.1, -0.05) is 13.5 Å². The third kappa shape index (κ3) is 4.64. The number of aliphatic hydroxyl groups is 2. The maximum Gasteiger partial charge on any atom is 0.303 e. The van der Waals surface area contributed by atoms with Crippen LogP contribution in [0.15, 0.2) is 12.2 Å². The molecule has 0 aromatic rings. The molecule has 0 radical (unpaired) electrons. The van der Waals surface area contributed by atoms with Crippen molar-refractivity contribution >= 4 is 35.6 Å². The molecule has 0 aromatic heterocycles. The van der Waals surface area contributed by atoms with Gasteiger partial charge in [-0.15, -0.1) is 0 Å². The second-order valence-corrected chi connectivity index (χ2v) is 12.6. The second-order valence-electron chi connectivity index (χ2n) is 12.6. The minimum Gasteiger partial charge on any atom is -0.465 e. The van der Waals surface area contributed by atoms with E-state index < -0.39 is 107 Å². The molecule has 4 bridgehead atoms. The number of hydrogen-bond donors (Lipinski definition) is 2. The molecule has 14 nitrogen and oxygen atoms in total. The van der Waals surface area contributed by atoms with Gasteiger partial charge in [0.1, 0.15) is 24.9 Å². The Bertz CT molecular complexity index is 1290. The van der Waals surface area contributed by atoms with Crippen LogP contribution in [-0.4, -0.2) is 101 Å². The SMILES string of the molecule is C=C1C(O)CC(OC(C)=O)C2(COC(C)=O)C(O)C(OC(C)=O)C3(OC(C)=O)C4(C)OCC3(C)C(CC4=O)C(OC(C)=O)C12. The summed E-state index contributed by atoms with van der Waals surface area (Å²) in [5.41, 5.74) is -7.71. The zero-order chi connectivity index (χ0) is 33.2. The molecule has 0 amide bonds. The highest BCUT2D eigenvalue weighted by atomic mass is 16.6. The first-order valence-electron chi connectivity index (χ1n) is 14.4. The van der Waals surface area contributed by atoms with Crippen molar-refractivity contribution in [1.29, 1.82) is 0 Å². The first-order valence-corrected chi connectivity index (χ1v) is 14.4. The van der Waals surface area contributed by atoms with E-state index in [0.29, 0.717) is 0 Å². The van der Waals surface area contributed by atoms with Crippen molar-refractivity contribution in [2.45, 2.75) is 103 Å². The van der Waals surface area contributed by atoms with E-state index in [4.69, 9.17) is 28.4 Å². The summed E-state index contributed by atoms with van der Waals surface area (Å²) in [6.45, 7) is 11.5. The molecule has 0 aromatic carbocycles. The highest BCUT2D eigenvalue weighted by Crippen LogP contribution is 2.68. The van der Waals surface area contributed by atoms with Gasteiger partial charge in [0.25, 0.3) is 0 Å². The van der Waals surface area contributed by atoms with Crippen LogP contribution in [0.5, 0.6) is 0 Å². The van der Waals surface area contributed by atoms with E-state index in [1.54, 1.807) is 6.92 Å². The molecule has 1 saturated heterocycles. The summed E-state index contributed by atoms with van der Waals surface area (Å²) in [6, 6.07) is 0. The standard InChI is InChI=1S/C30H40O14/c1-13-20(36)10-22(41-15(3)32)29(12-39-14(2)31)23(13)24(42-16(4)33)19-9-21(37)28(8)30(44-18(6)35,27(19,7)11-40-28)26(25(29)38)43-17(5)34/h19-20,22-26,36,38H,1,9-12H2,2-8H3. The van der Waals surface area contributed by atoms with Crippen LogP contribution in [0.25, 0.3) is 0 Å². The second kappa shape index (κ2) is 11.2. The molecule has 2 N–H and O–H groups in total. The summed E-state index contributed by atoms with van der Waals surface area (Å²) in [6.07, 6.45) is -8.85. The van der Waals surface area contributed by atoms with Crippen LogP contribution in [0.4, 0.5) is 0 Å². The smallest absolute Gasteiger partial charge is 0.303 e. The summed E-state index contributed by atoms with van der Waals surface area (Å²) >= 11 is 0. The molecule has 4 rings (SSSR count). The van der Waals surface area contributed by atoms with Gasteiger partial charge >= 0.3 is 29.8 Å². The Kier molecular flexibility index (Phi) is 8.55. The van der Waals surface area contributed by atoms with Crippen molar-refractivity contribution in [2.75, 3.05) is 13.2 Å². The maximum absolute atomic E-state index is 14.1. The molecule has 14 heteroatoms. The van der Waals surface area contributed by atoms with Crippen molar-refractivity contribution in [3.05, 3.63) is 12.2 Å². The summed E-state index contributed by atoms with van der Waals surface area (Å²) in [5.74, 6) is -7.29. The number of Topliss-reactive ketones (excluding diaryl/α,β-unsaturated/α-hetero) is 1. The number of rotatable bonds is 6. The number of fused-ring (bicyclic) bond motifs is 1. The normalized spacial score (nSPS) is 42.6. The van der Waals surface area contributed by atoms with Gasteiger partial charge in [-0.05, 0) is 12.5 Å². The summed E-state index contributed by atoms with van der Waals surface area (Å²) in [4.78, 5) is 77.3. The lowest BCUT2D eigenvalue weighted by Crippen LogP contribution is -2.81. The maximum atomic E-state index is 14.1. The molecular weight excluding hydrogens is 584 g/mol. The van der Waals surface area contributed by atoms with Gasteiger partial charge in [0, 0.05) is 64.7 Å². The van der Waals surface area contributed by atoms with E-state index in [-0.39, 0.29) is 25.0 Å². The van der Waals surface area contributed by atoms with Crippen molar-refractivity contribution < 1.29 is 67.4 Å². The van der Waals surface area contributed by atoms with Crippen LogP contribution in [-0.2, 0) is 57.2 Å². The topological polar surface area (TPSA) is 198 Å². The van der Waals surface area contributed by atoms with Crippen molar-refractivity contribution in [3.63, 3.8) is 0 Å². The number of hydrogen-bond acceptors (Lipinski definition) is 14. The molecular formula is C30H40O14. The molecule has 44 heavy (non-hydrogen) atoms. The predicted molar refractivity (Wildman–Crippen MR) is 145 cm³/mol. The van der Waals surface area contributed by atoms with Gasteiger partial charge in [0.05, 0.1) is 18.1 Å². The van der Waals surface area contributed by atoms with Gasteiger partial charge in [-0.2, -0.15) is 0 Å². The minimum absolute atomic E-state index is 0.0238. The Hall–Kier alpha value is -3.36. The molecule has 11 unspecified atom stereocenters. The molecule has 4 aliphatic rings. The number of ketones is 1. The van der Waals surface area contributed by atoms with E-state index >= 15 is 0 Å². The number of aliphatic hydroxyl groups excluding tert-OH is 2. The first kappa shape index (κ1) is 33.5. The summed E-state index contributed by atoms with van der Waals surface area (Å²) < 4.78 is 35.1. The molecule has 1 heterocycles. The van der Waals surface area contributed by atoms with Crippen LogP contribution >= 0.6 is 0 Å². The van der Waals surface area contributed by atoms with E-state index in [1.165, 1.54) is 6.92 Å². The van der Waals surface area contributed by atoms with E-state index in [2.05, 4.69) is 6.58 Å². The lowest BCUT2D eigenvalue weighted by molar-refractivity contribution is -0.304. The Balaban J connectivity index is 2.21. The van der Waals surface area contributed by atoms with Crippen molar-refractivity contribution in [1.82, 2.24) is 0 Å². The Labute approximate surface area is 254 Å². The average molecular weight is 625 g/mol. The zero-order valence-corrected chi connectivity index (χ0v) is 25.9. The number of esters is 5. The van der Waals surface area contributed by atoms with Crippen LogP contribution in [0.2, 0.25) is 0 Å². The van der Waals surface area contributed by atoms with E-state index in [0.717, 1.165) is 34.6 Å². The molecule has 3 saturated carbocycles. The largest absolute Gasteiger partial charge is 0.465 e. The molecule has 1 aliphatic heterocycles. The quantitative estimate of drug-likeness (QED) is 0.233. The lowest BCUT2D eigenvalue weighted by atomic mass is 9.43. The summed E-state index contributed by atoms with van der Waals surface area (Å²) in [7, 11) is 0. The Morgan fingerprint density at radius 2 is 1.50 bits per heavy atom. The Morgan fingerprint density at radius 1 is 0.909 bits per heavy atom. The van der Waals surface area contributed by atoms with E-state index in [1.807, 2.05) is 0 Å². The predicted octanol–water partition coefficient (Wildman–Crippen LogP) is 0.329. The van der Waals surface area contributed by atoms with Gasteiger partial charge < -0.3 is 38.6 Å². The molecule has 3 aliphatic carbocycles. The number of carbonyl (C=O) groups excluding carboxylic acids is 6. The fraction of sp³-hybridized carbons (Fsp3) is 0.733. The lowest BCUT2D eigenvalue weighted by Gasteiger charge is -2.65. The Morgan fingerprint density at radius 3 is 2.02 bits per heavy atom. The third-order valence-corrected chi connectivity index (χ3v) is 10.1. The van der Waals surface area contributed by atoms with Gasteiger partial charge in [0.2, 0.25) is 0 Å². The highest BCUT2D eigenvalue weighted by Gasteiger charge is 2.85. The van der Waals surface area contributed by atoms with Crippen molar-refractivity contribution in [3.8, 4) is 0 Å². The number of ether oxygens (including phenoxy) is 6. The summed E-state index contributed by atoms with van der Waals surface area (Å²) in [5, 5.41) is 23.9. The monoisotopic (exact) mass is 624 g/mol. The third-order valence-electron chi connectivity index (χ3n) is 10.1. The van der Waals surface area contributed by atoms with Crippen LogP contribution < -0.4 is 0 Å². The van der Waals surface area contributed by atoms with Crippen molar-refractivity contribution in [2.24, 2.45) is 22.7 Å². The molecule has 11 atom stereocenters. The average Bonchev–Trinajstić information content (AvgIpc) is 3.05. The van der Waals surface area contributed by atoms with Gasteiger partial charge in [-0.3, -0.25) is 28.8 Å². The first-order chi connectivity index (χ1) is 20.3. The van der Waals surface area contributed by atoms with E-state index in [9.17, 15) is 39.0 Å². The molecule has 4 fully saturated rings. The van der Waals surface area contributed by atoms with Crippen LogP contribution in [0, 0.1) is 22.7 Å². The van der Waals surface area contributed by atoms with Crippen LogP contribution in [0.3, 0.4) is 0 Å². The zero-order valence-electron chi connectivity index (χ0n) is 25.9. The van der Waals surface area contributed by atoms with Gasteiger partial charge in [0.15, 0.2) is 23.1 Å². The van der Waals surface area contributed by atoms with Crippen LogP contribution in [0.1, 0.15) is 61.3 Å². The van der Waals surface area contributed by atoms with Gasteiger partial charge in [-0.25, -0.2) is 0 Å².